The second kappa shape index (κ2) is 2.34. The van der Waals surface area contributed by atoms with Crippen LogP contribution in [-0.2, 0) is 0 Å². The lowest BCUT2D eigenvalue weighted by Gasteiger charge is -1.97. The second-order valence-electron chi connectivity index (χ2n) is 1.88. The molecule has 0 saturated heterocycles. The molecule has 0 saturated carbocycles. The first-order chi connectivity index (χ1) is 4.74. The van der Waals surface area contributed by atoms with E-state index in [2.05, 4.69) is 4.98 Å². The van der Waals surface area contributed by atoms with Gasteiger partial charge in [-0.15, -0.1) is 0 Å². The van der Waals surface area contributed by atoms with Gasteiger partial charge in [-0.3, -0.25) is 0 Å². The lowest BCUT2D eigenvalue weighted by Crippen LogP contribution is -1.97. The normalized spacial score (nSPS) is 9.20. The highest BCUT2D eigenvalue weighted by Crippen LogP contribution is 2.09. The minimum atomic E-state index is 0.378. The Morgan fingerprint density at radius 2 is 2.20 bits per heavy atom. The Morgan fingerprint density at radius 1 is 1.50 bits per heavy atom. The molecule has 1 aromatic heterocycles. The first-order valence-corrected chi connectivity index (χ1v) is 2.75. The van der Waals surface area contributed by atoms with Gasteiger partial charge < -0.3 is 16.9 Å². The molecule has 0 radical (unpaired) electrons. The zero-order chi connectivity index (χ0) is 7.56. The van der Waals surface area contributed by atoms with E-state index in [1.807, 2.05) is 0 Å². The number of hydrogen-bond donors (Lipinski definition) is 3. The molecule has 0 bridgehead atoms. The first kappa shape index (κ1) is 6.54. The molecule has 10 heavy (non-hydrogen) atoms. The third-order valence-corrected chi connectivity index (χ3v) is 1.14. The average molecular weight is 136 g/mol. The summed E-state index contributed by atoms with van der Waals surface area (Å²) in [6, 6.07) is 1.53. The standard InChI is InChI=1S/C6H8N4/c7-2-4-3-10-6(9)1-5(4)8/h1-3,7H,(H4,8,9,10). The Balaban J connectivity index is 3.19. The molecule has 52 valence electrons. The Bertz CT molecular complexity index is 256. The summed E-state index contributed by atoms with van der Waals surface area (Å²) in [4.78, 5) is 3.76. The molecule has 5 N–H and O–H groups in total. The summed E-state index contributed by atoms with van der Waals surface area (Å²) in [5.74, 6) is 0.378. The maximum Gasteiger partial charge on any atom is 0.125 e. The predicted molar refractivity (Wildman–Crippen MR) is 40.9 cm³/mol. The van der Waals surface area contributed by atoms with Crippen molar-refractivity contribution in [1.29, 1.82) is 5.41 Å². The summed E-state index contributed by atoms with van der Waals surface area (Å²) in [7, 11) is 0. The molecule has 4 heteroatoms. The van der Waals surface area contributed by atoms with Crippen molar-refractivity contribution in [2.45, 2.75) is 0 Å². The third kappa shape index (κ3) is 1.05. The Morgan fingerprint density at radius 3 is 2.70 bits per heavy atom. The van der Waals surface area contributed by atoms with E-state index in [-0.39, 0.29) is 0 Å². The van der Waals surface area contributed by atoms with Gasteiger partial charge in [0.2, 0.25) is 0 Å². The molecule has 4 nitrogen and oxygen atoms in total. The SMILES string of the molecule is N=Cc1cnc(N)cc1N. The number of nitrogen functional groups attached to an aromatic ring is 2. The average Bonchev–Trinajstić information content (AvgIpc) is 1.88. The van der Waals surface area contributed by atoms with E-state index in [9.17, 15) is 0 Å². The van der Waals surface area contributed by atoms with Crippen molar-refractivity contribution in [2.75, 3.05) is 11.5 Å². The van der Waals surface area contributed by atoms with Gasteiger partial charge >= 0.3 is 0 Å². The molecule has 0 aliphatic rings. The van der Waals surface area contributed by atoms with Crippen LogP contribution < -0.4 is 11.5 Å². The van der Waals surface area contributed by atoms with Crippen molar-refractivity contribution < 1.29 is 0 Å². The van der Waals surface area contributed by atoms with Gasteiger partial charge in [0.05, 0.1) is 0 Å². The molecule has 0 aromatic carbocycles. The van der Waals surface area contributed by atoms with Crippen molar-refractivity contribution in [1.82, 2.24) is 4.98 Å². The van der Waals surface area contributed by atoms with E-state index >= 15 is 0 Å². The number of nitrogens with one attached hydrogen (secondary N) is 1. The van der Waals surface area contributed by atoms with Gasteiger partial charge in [-0.1, -0.05) is 0 Å². The lowest BCUT2D eigenvalue weighted by molar-refractivity contribution is 1.33. The maximum absolute atomic E-state index is 6.87. The van der Waals surface area contributed by atoms with Crippen molar-refractivity contribution in [3.05, 3.63) is 17.8 Å². The fraction of sp³-hybridized carbons (Fsp3) is 0. The number of aromatic nitrogens is 1. The summed E-state index contributed by atoms with van der Waals surface area (Å²) in [5.41, 5.74) is 11.9. The number of rotatable bonds is 1. The van der Waals surface area contributed by atoms with Crippen molar-refractivity contribution in [2.24, 2.45) is 0 Å². The zero-order valence-corrected chi connectivity index (χ0v) is 5.33. The molecule has 0 aliphatic heterocycles. The predicted octanol–water partition coefficient (Wildman–Crippen LogP) is 0.244. The zero-order valence-electron chi connectivity index (χ0n) is 5.33. The maximum atomic E-state index is 6.87. The van der Waals surface area contributed by atoms with Gasteiger partial charge in [-0.2, -0.15) is 0 Å². The Labute approximate surface area is 58.4 Å². The number of nitrogens with two attached hydrogens (primary N) is 2. The van der Waals surface area contributed by atoms with Crippen LogP contribution >= 0.6 is 0 Å². The van der Waals surface area contributed by atoms with Crippen molar-refractivity contribution in [3.63, 3.8) is 0 Å². The molecular formula is C6H8N4. The van der Waals surface area contributed by atoms with Crippen LogP contribution in [0.3, 0.4) is 0 Å². The summed E-state index contributed by atoms with van der Waals surface area (Å²) in [6.07, 6.45) is 2.61. The minimum Gasteiger partial charge on any atom is -0.398 e. The van der Waals surface area contributed by atoms with Crippen molar-refractivity contribution >= 4 is 17.7 Å². The lowest BCUT2D eigenvalue weighted by atomic mass is 10.2. The topological polar surface area (TPSA) is 88.8 Å². The molecule has 0 aliphatic carbocycles. The number of hydrogen-bond acceptors (Lipinski definition) is 4. The Hall–Kier alpha value is -1.58. The number of pyridine rings is 1. The van der Waals surface area contributed by atoms with Crippen LogP contribution in [0.25, 0.3) is 0 Å². The summed E-state index contributed by atoms with van der Waals surface area (Å²) in [6.45, 7) is 0. The molecule has 0 amide bonds. The van der Waals surface area contributed by atoms with E-state index in [1.54, 1.807) is 0 Å². The van der Waals surface area contributed by atoms with Gasteiger partial charge in [0, 0.05) is 29.7 Å². The van der Waals surface area contributed by atoms with Gasteiger partial charge in [0.1, 0.15) is 5.82 Å². The van der Waals surface area contributed by atoms with Gasteiger partial charge in [-0.05, 0) is 0 Å². The van der Waals surface area contributed by atoms with Crippen molar-refractivity contribution in [3.8, 4) is 0 Å². The van der Waals surface area contributed by atoms with E-state index in [4.69, 9.17) is 16.9 Å². The molecule has 1 aromatic rings. The summed E-state index contributed by atoms with van der Waals surface area (Å²) in [5, 5.41) is 6.87. The quantitative estimate of drug-likeness (QED) is 0.483. The molecule has 1 heterocycles. The first-order valence-electron chi connectivity index (χ1n) is 2.75. The summed E-state index contributed by atoms with van der Waals surface area (Å²) >= 11 is 0. The highest BCUT2D eigenvalue weighted by Gasteiger charge is 1.94. The molecule has 1 rings (SSSR count). The monoisotopic (exact) mass is 136 g/mol. The van der Waals surface area contributed by atoms with Crippen LogP contribution in [0.5, 0.6) is 0 Å². The van der Waals surface area contributed by atoms with Crippen LogP contribution in [0, 0.1) is 5.41 Å². The van der Waals surface area contributed by atoms with E-state index in [0.717, 1.165) is 6.21 Å². The van der Waals surface area contributed by atoms with E-state index < -0.39 is 0 Å². The largest absolute Gasteiger partial charge is 0.398 e. The number of nitrogens with zero attached hydrogens (tertiary/aromatic N) is 1. The summed E-state index contributed by atoms with van der Waals surface area (Å²) < 4.78 is 0. The smallest absolute Gasteiger partial charge is 0.125 e. The van der Waals surface area contributed by atoms with Gasteiger partial charge in [-0.25, -0.2) is 4.98 Å². The van der Waals surface area contributed by atoms with Crippen LogP contribution in [0.2, 0.25) is 0 Å². The Kier molecular flexibility index (Phi) is 1.53. The molecule has 0 spiro atoms. The fourth-order valence-corrected chi connectivity index (χ4v) is 0.619. The number of anilines is 2. The van der Waals surface area contributed by atoms with Crippen LogP contribution in [0.4, 0.5) is 11.5 Å². The van der Waals surface area contributed by atoms with E-state index in [1.165, 1.54) is 12.3 Å². The molecule has 0 atom stereocenters. The second-order valence-corrected chi connectivity index (χ2v) is 1.88. The van der Waals surface area contributed by atoms with Gasteiger partial charge in [0.25, 0.3) is 0 Å². The van der Waals surface area contributed by atoms with Crippen LogP contribution in [0.15, 0.2) is 12.3 Å². The minimum absolute atomic E-state index is 0.378. The fourth-order valence-electron chi connectivity index (χ4n) is 0.619. The van der Waals surface area contributed by atoms with Crippen LogP contribution in [0.1, 0.15) is 5.56 Å². The molecule has 0 unspecified atom stereocenters. The van der Waals surface area contributed by atoms with E-state index in [0.29, 0.717) is 17.1 Å². The highest BCUT2D eigenvalue weighted by atomic mass is 14.8. The van der Waals surface area contributed by atoms with Crippen LogP contribution in [-0.4, -0.2) is 11.2 Å². The highest BCUT2D eigenvalue weighted by molar-refractivity contribution is 5.84. The van der Waals surface area contributed by atoms with Gasteiger partial charge in [0.15, 0.2) is 0 Å². The molecule has 0 fully saturated rings. The molecular weight excluding hydrogens is 128 g/mol. The third-order valence-electron chi connectivity index (χ3n) is 1.14.